The van der Waals surface area contributed by atoms with Crippen molar-refractivity contribution in [2.45, 2.75) is 19.9 Å². The van der Waals surface area contributed by atoms with Crippen molar-refractivity contribution in [2.24, 2.45) is 0 Å². The highest BCUT2D eigenvalue weighted by molar-refractivity contribution is 6.05. The Balaban J connectivity index is 1.45. The van der Waals surface area contributed by atoms with Gasteiger partial charge in [-0.1, -0.05) is 12.1 Å². The Hall–Kier alpha value is -5.46. The minimum atomic E-state index is -2.79. The average Bonchev–Trinajstić information content (AvgIpc) is 2.99. The van der Waals surface area contributed by atoms with Crippen LogP contribution in [0, 0.1) is 18.6 Å². The summed E-state index contributed by atoms with van der Waals surface area (Å²) in [6.07, 6.45) is -0.144. The van der Waals surface area contributed by atoms with E-state index in [-0.39, 0.29) is 45.4 Å². The van der Waals surface area contributed by atoms with E-state index in [1.54, 1.807) is 6.07 Å². The van der Waals surface area contributed by atoms with E-state index in [2.05, 4.69) is 15.3 Å². The van der Waals surface area contributed by atoms with E-state index in [1.165, 1.54) is 63.9 Å². The first-order valence-corrected chi connectivity index (χ1v) is 13.0. The molecular weight excluding hydrogens is 584 g/mol. The van der Waals surface area contributed by atoms with Crippen molar-refractivity contribution in [3.63, 3.8) is 0 Å². The van der Waals surface area contributed by atoms with E-state index in [0.29, 0.717) is 11.3 Å². The lowest BCUT2D eigenvalue weighted by atomic mass is 10.0. The van der Waals surface area contributed by atoms with Gasteiger partial charge in [-0.3, -0.25) is 14.6 Å². The van der Waals surface area contributed by atoms with Crippen LogP contribution in [0.4, 0.5) is 23.2 Å². The third-order valence-electron chi connectivity index (χ3n) is 6.70. The molecule has 1 amide bonds. The molecule has 13 heteroatoms. The van der Waals surface area contributed by atoms with E-state index < -0.39 is 41.5 Å². The van der Waals surface area contributed by atoms with Crippen molar-refractivity contribution in [2.75, 3.05) is 19.5 Å². The highest BCUT2D eigenvalue weighted by Gasteiger charge is 2.22. The second kappa shape index (κ2) is 12.4. The van der Waals surface area contributed by atoms with Crippen LogP contribution in [0.2, 0.25) is 0 Å². The van der Waals surface area contributed by atoms with Crippen LogP contribution in [0.1, 0.15) is 16.1 Å². The van der Waals surface area contributed by atoms with Gasteiger partial charge in [0.2, 0.25) is 5.43 Å². The molecule has 0 bridgehead atoms. The van der Waals surface area contributed by atoms with Gasteiger partial charge in [-0.15, -0.1) is 0 Å². The normalized spacial score (nSPS) is 11.1. The summed E-state index contributed by atoms with van der Waals surface area (Å²) in [5.41, 5.74) is -0.412. The fourth-order valence-electron chi connectivity index (χ4n) is 4.56. The number of ether oxygens (including phenoxy) is 3. The van der Waals surface area contributed by atoms with Gasteiger partial charge in [-0.05, 0) is 36.8 Å². The molecule has 44 heavy (non-hydrogen) atoms. The number of nitrogens with one attached hydrogen (secondary N) is 1. The lowest BCUT2D eigenvalue weighted by molar-refractivity contribution is 0.102. The van der Waals surface area contributed by atoms with E-state index in [4.69, 9.17) is 14.2 Å². The summed E-state index contributed by atoms with van der Waals surface area (Å²) in [4.78, 5) is 35.3. The van der Waals surface area contributed by atoms with Gasteiger partial charge in [-0.2, -0.15) is 0 Å². The lowest BCUT2D eigenvalue weighted by Crippen LogP contribution is -2.28. The summed E-state index contributed by atoms with van der Waals surface area (Å²) in [6, 6.07) is 11.5. The van der Waals surface area contributed by atoms with Crippen molar-refractivity contribution in [1.82, 2.24) is 14.5 Å². The predicted octanol–water partition coefficient (Wildman–Crippen LogP) is 6.37. The Bertz CT molecular complexity index is 1930. The summed E-state index contributed by atoms with van der Waals surface area (Å²) in [5, 5.41) is 2.45. The smallest absolute Gasteiger partial charge is 0.261 e. The third-order valence-corrected chi connectivity index (χ3v) is 6.70. The van der Waals surface area contributed by atoms with Gasteiger partial charge in [0.15, 0.2) is 23.1 Å². The molecule has 1 N–H and O–H groups in total. The Morgan fingerprint density at radius 2 is 1.73 bits per heavy atom. The van der Waals surface area contributed by atoms with E-state index in [0.717, 1.165) is 22.8 Å². The first-order valence-electron chi connectivity index (χ1n) is 13.0. The van der Waals surface area contributed by atoms with Gasteiger partial charge in [0.1, 0.15) is 16.9 Å². The van der Waals surface area contributed by atoms with Crippen molar-refractivity contribution in [3.8, 4) is 34.3 Å². The maximum atomic E-state index is 15.2. The number of carbonyl (C=O) groups is 1. The van der Waals surface area contributed by atoms with Crippen LogP contribution in [-0.4, -0.2) is 41.1 Å². The maximum absolute atomic E-state index is 15.2. The van der Waals surface area contributed by atoms with Crippen LogP contribution in [0.25, 0.3) is 22.2 Å². The Morgan fingerprint density at radius 3 is 2.39 bits per heavy atom. The molecule has 0 atom stereocenters. The number of halogens is 4. The lowest BCUT2D eigenvalue weighted by Gasteiger charge is -2.17. The van der Waals surface area contributed by atoms with Crippen LogP contribution < -0.4 is 25.0 Å². The average molecular weight is 609 g/mol. The molecule has 3 aromatic heterocycles. The SMILES string of the molecule is COc1cc2nccc(Oc3ccc(NC(=O)c4c(C)n(CC(F)F)cc(-c5ccc(F)cc5)c4=O)cc3F)c2nc1OC. The number of anilines is 1. The fourth-order valence-corrected chi connectivity index (χ4v) is 4.56. The zero-order valence-corrected chi connectivity index (χ0v) is 23.5. The molecule has 0 aliphatic heterocycles. The molecule has 5 rings (SSSR count). The molecule has 0 saturated heterocycles. The number of methoxy groups -OCH3 is 2. The Labute approximate surface area is 247 Å². The summed E-state index contributed by atoms with van der Waals surface area (Å²) in [5.74, 6) is -1.90. The minimum absolute atomic E-state index is 0.0248. The van der Waals surface area contributed by atoms with Crippen molar-refractivity contribution < 1.29 is 36.6 Å². The standard InChI is InChI=1S/C31H24F4N4O5/c1-16-27(29(40)20(14-39(16)15-26(34)35)17-4-6-18(32)7-5-17)30(41)37-19-8-9-23(21(33)12-19)44-24-10-11-36-22-13-25(42-2)31(43-3)38-28(22)24/h4-14,26H,15H2,1-3H3,(H,37,41). The largest absolute Gasteiger partial charge is 0.491 e. The van der Waals surface area contributed by atoms with Crippen molar-refractivity contribution in [3.05, 3.63) is 100 Å². The molecule has 0 aliphatic rings. The van der Waals surface area contributed by atoms with Gasteiger partial charge in [-0.25, -0.2) is 22.5 Å². The number of alkyl halides is 2. The first kappa shape index (κ1) is 30.0. The van der Waals surface area contributed by atoms with Gasteiger partial charge in [0.05, 0.1) is 26.3 Å². The third kappa shape index (κ3) is 6.02. The quantitative estimate of drug-likeness (QED) is 0.194. The van der Waals surface area contributed by atoms with Crippen LogP contribution >= 0.6 is 0 Å². The Morgan fingerprint density at radius 1 is 0.977 bits per heavy atom. The van der Waals surface area contributed by atoms with Crippen LogP contribution in [0.5, 0.6) is 23.1 Å². The summed E-state index contributed by atoms with van der Waals surface area (Å²) in [7, 11) is 2.86. The van der Waals surface area contributed by atoms with Crippen LogP contribution in [-0.2, 0) is 6.54 Å². The summed E-state index contributed by atoms with van der Waals surface area (Å²) < 4.78 is 72.7. The topological polar surface area (TPSA) is 105 Å². The number of benzene rings is 2. The molecule has 0 unspecified atom stereocenters. The number of nitrogens with zero attached hydrogens (tertiary/aromatic N) is 3. The Kier molecular flexibility index (Phi) is 8.47. The number of amides is 1. The van der Waals surface area contributed by atoms with E-state index >= 15 is 4.39 Å². The summed E-state index contributed by atoms with van der Waals surface area (Å²) in [6.45, 7) is 0.556. The van der Waals surface area contributed by atoms with E-state index in [9.17, 15) is 22.8 Å². The molecule has 0 spiro atoms. The van der Waals surface area contributed by atoms with Gasteiger partial charge in [0.25, 0.3) is 18.2 Å². The molecule has 0 fully saturated rings. The molecule has 0 saturated carbocycles. The predicted molar refractivity (Wildman–Crippen MR) is 154 cm³/mol. The zero-order valence-electron chi connectivity index (χ0n) is 23.5. The number of rotatable bonds is 9. The first-order chi connectivity index (χ1) is 21.1. The highest BCUT2D eigenvalue weighted by Crippen LogP contribution is 2.35. The number of hydrogen-bond donors (Lipinski definition) is 1. The van der Waals surface area contributed by atoms with Gasteiger partial charge >= 0.3 is 0 Å². The number of hydrogen-bond acceptors (Lipinski definition) is 7. The second-order valence-corrected chi connectivity index (χ2v) is 9.46. The van der Waals surface area contributed by atoms with Crippen molar-refractivity contribution >= 4 is 22.6 Å². The maximum Gasteiger partial charge on any atom is 0.261 e. The molecule has 3 heterocycles. The van der Waals surface area contributed by atoms with Crippen LogP contribution in [0.3, 0.4) is 0 Å². The second-order valence-electron chi connectivity index (χ2n) is 9.46. The molecular formula is C31H24F4N4O5. The number of aromatic nitrogens is 3. The molecule has 0 radical (unpaired) electrons. The highest BCUT2D eigenvalue weighted by atomic mass is 19.3. The minimum Gasteiger partial charge on any atom is -0.491 e. The van der Waals surface area contributed by atoms with E-state index in [1.807, 2.05) is 0 Å². The van der Waals surface area contributed by atoms with Crippen molar-refractivity contribution in [1.29, 1.82) is 0 Å². The van der Waals surface area contributed by atoms with Gasteiger partial charge < -0.3 is 24.1 Å². The number of carbonyl (C=O) groups excluding carboxylic acids is 1. The molecule has 226 valence electrons. The summed E-state index contributed by atoms with van der Waals surface area (Å²) >= 11 is 0. The fraction of sp³-hybridized carbons (Fsp3) is 0.161. The van der Waals surface area contributed by atoms with Gasteiger partial charge in [0, 0.05) is 47.5 Å². The molecule has 5 aromatic rings. The monoisotopic (exact) mass is 608 g/mol. The molecule has 0 aliphatic carbocycles. The number of pyridine rings is 3. The number of fused-ring (bicyclic) bond motifs is 1. The van der Waals surface area contributed by atoms with Crippen LogP contribution in [0.15, 0.2) is 71.8 Å². The molecule has 9 nitrogen and oxygen atoms in total. The molecule has 2 aromatic carbocycles. The zero-order chi connectivity index (χ0) is 31.5.